The molecule has 0 spiro atoms. The Labute approximate surface area is 117 Å². The number of carbonyl (C=O) groups is 1. The van der Waals surface area contributed by atoms with Crippen LogP contribution in [0.1, 0.15) is 22.0 Å². The average Bonchev–Trinajstić information content (AvgIpc) is 2.53. The van der Waals surface area contributed by atoms with Gasteiger partial charge in [0.15, 0.2) is 0 Å². The Morgan fingerprint density at radius 3 is 2.25 bits per heavy atom. The highest BCUT2D eigenvalue weighted by atomic mass is 16.7. The first-order valence-electron chi connectivity index (χ1n) is 6.19. The van der Waals surface area contributed by atoms with Gasteiger partial charge < -0.3 is 9.57 Å². The zero-order chi connectivity index (χ0) is 14.2. The summed E-state index contributed by atoms with van der Waals surface area (Å²) in [7, 11) is 1.57. The topological polar surface area (TPSA) is 47.9 Å². The van der Waals surface area contributed by atoms with Crippen LogP contribution in [0.2, 0.25) is 0 Å². The van der Waals surface area contributed by atoms with E-state index in [-0.39, 0.29) is 6.10 Å². The molecule has 0 heterocycles. The van der Waals surface area contributed by atoms with Crippen LogP contribution in [0.3, 0.4) is 0 Å². The number of nitrogens with zero attached hydrogens (tertiary/aromatic N) is 1. The van der Waals surface area contributed by atoms with E-state index < -0.39 is 5.97 Å². The Balaban J connectivity index is 1.97. The molecule has 20 heavy (non-hydrogen) atoms. The SMILES string of the molecule is CO[C@@H](/C=N/OC(=O)c1ccccc1)c1ccccc1. The number of carbonyl (C=O) groups excluding carboxylic acids is 1. The molecule has 0 unspecified atom stereocenters. The molecule has 0 bridgehead atoms. The average molecular weight is 269 g/mol. The number of oxime groups is 1. The lowest BCUT2D eigenvalue weighted by atomic mass is 10.1. The Bertz CT molecular complexity index is 567. The largest absolute Gasteiger partial charge is 0.371 e. The van der Waals surface area contributed by atoms with Gasteiger partial charge >= 0.3 is 5.97 Å². The van der Waals surface area contributed by atoms with Crippen LogP contribution in [0.25, 0.3) is 0 Å². The molecular weight excluding hydrogens is 254 g/mol. The van der Waals surface area contributed by atoms with Crippen molar-refractivity contribution in [3.63, 3.8) is 0 Å². The summed E-state index contributed by atoms with van der Waals surface area (Å²) in [6.45, 7) is 0. The Morgan fingerprint density at radius 1 is 1.05 bits per heavy atom. The van der Waals surface area contributed by atoms with Gasteiger partial charge in [0, 0.05) is 7.11 Å². The molecule has 2 aromatic rings. The zero-order valence-corrected chi connectivity index (χ0v) is 11.1. The van der Waals surface area contributed by atoms with Crippen LogP contribution in [0, 0.1) is 0 Å². The molecular formula is C16H15NO3. The van der Waals surface area contributed by atoms with E-state index in [0.29, 0.717) is 5.56 Å². The molecule has 0 N–H and O–H groups in total. The monoisotopic (exact) mass is 269 g/mol. The van der Waals surface area contributed by atoms with Crippen molar-refractivity contribution in [3.05, 3.63) is 71.8 Å². The van der Waals surface area contributed by atoms with Crippen molar-refractivity contribution in [3.8, 4) is 0 Å². The minimum Gasteiger partial charge on any atom is -0.371 e. The maximum Gasteiger partial charge on any atom is 0.365 e. The van der Waals surface area contributed by atoms with Crippen LogP contribution >= 0.6 is 0 Å². The molecule has 0 aromatic heterocycles. The van der Waals surface area contributed by atoms with Crippen molar-refractivity contribution in [1.29, 1.82) is 0 Å². The summed E-state index contributed by atoms with van der Waals surface area (Å²) in [5.74, 6) is -0.496. The third-order valence-electron chi connectivity index (χ3n) is 2.72. The number of ether oxygens (including phenoxy) is 1. The van der Waals surface area contributed by atoms with Gasteiger partial charge in [-0.2, -0.15) is 0 Å². The summed E-state index contributed by atoms with van der Waals surface area (Å²) in [6, 6.07) is 18.3. The standard InChI is InChI=1S/C16H15NO3/c1-19-15(13-8-4-2-5-9-13)12-17-20-16(18)14-10-6-3-7-11-14/h2-12,15H,1H3/b17-12+/t15-/m0/s1. The van der Waals surface area contributed by atoms with Crippen molar-refractivity contribution < 1.29 is 14.4 Å². The highest BCUT2D eigenvalue weighted by Crippen LogP contribution is 2.13. The molecule has 0 aliphatic rings. The summed E-state index contributed by atoms with van der Waals surface area (Å²) in [4.78, 5) is 16.5. The number of benzene rings is 2. The highest BCUT2D eigenvalue weighted by Gasteiger charge is 2.08. The third-order valence-corrected chi connectivity index (χ3v) is 2.72. The van der Waals surface area contributed by atoms with Gasteiger partial charge in [-0.25, -0.2) is 4.79 Å². The second-order valence-corrected chi connectivity index (χ2v) is 4.07. The summed E-state index contributed by atoms with van der Waals surface area (Å²) < 4.78 is 5.28. The van der Waals surface area contributed by atoms with Gasteiger partial charge in [0.25, 0.3) is 0 Å². The van der Waals surface area contributed by atoms with Gasteiger partial charge in [0.05, 0.1) is 11.8 Å². The van der Waals surface area contributed by atoms with Crippen molar-refractivity contribution in [2.45, 2.75) is 6.10 Å². The van der Waals surface area contributed by atoms with E-state index in [4.69, 9.17) is 9.57 Å². The number of hydrogen-bond donors (Lipinski definition) is 0. The first-order chi connectivity index (χ1) is 9.81. The van der Waals surface area contributed by atoms with E-state index in [1.165, 1.54) is 6.21 Å². The van der Waals surface area contributed by atoms with E-state index >= 15 is 0 Å². The van der Waals surface area contributed by atoms with Gasteiger partial charge in [0.2, 0.25) is 0 Å². The molecule has 0 amide bonds. The maximum atomic E-state index is 11.7. The van der Waals surface area contributed by atoms with Gasteiger partial charge in [-0.05, 0) is 17.7 Å². The van der Waals surface area contributed by atoms with Crippen LogP contribution in [-0.4, -0.2) is 19.3 Å². The molecule has 102 valence electrons. The fourth-order valence-corrected chi connectivity index (χ4v) is 1.69. The predicted octanol–water partition coefficient (Wildman–Crippen LogP) is 3.22. The summed E-state index contributed by atoms with van der Waals surface area (Å²) in [5, 5.41) is 3.70. The molecule has 0 radical (unpaired) electrons. The van der Waals surface area contributed by atoms with E-state index in [1.54, 1.807) is 31.4 Å². The number of methoxy groups -OCH3 is 1. The second kappa shape index (κ2) is 7.21. The van der Waals surface area contributed by atoms with Gasteiger partial charge in [-0.15, -0.1) is 0 Å². The Kier molecular flexibility index (Phi) is 5.03. The van der Waals surface area contributed by atoms with Gasteiger partial charge in [-0.1, -0.05) is 53.7 Å². The van der Waals surface area contributed by atoms with Crippen LogP contribution in [0.15, 0.2) is 65.8 Å². The molecule has 0 saturated carbocycles. The van der Waals surface area contributed by atoms with Crippen LogP contribution in [0.5, 0.6) is 0 Å². The highest BCUT2D eigenvalue weighted by molar-refractivity contribution is 5.89. The minimum absolute atomic E-state index is 0.347. The first-order valence-corrected chi connectivity index (χ1v) is 6.19. The molecule has 4 nitrogen and oxygen atoms in total. The van der Waals surface area contributed by atoms with Gasteiger partial charge in [-0.3, -0.25) is 0 Å². The van der Waals surface area contributed by atoms with Crippen LogP contribution in [-0.2, 0) is 9.57 Å². The molecule has 0 aliphatic heterocycles. The molecule has 1 atom stereocenters. The van der Waals surface area contributed by atoms with Crippen LogP contribution < -0.4 is 0 Å². The molecule has 0 fully saturated rings. The second-order valence-electron chi connectivity index (χ2n) is 4.07. The predicted molar refractivity (Wildman–Crippen MR) is 76.5 cm³/mol. The van der Waals surface area contributed by atoms with Crippen molar-refractivity contribution in [2.75, 3.05) is 7.11 Å². The number of rotatable bonds is 5. The van der Waals surface area contributed by atoms with Gasteiger partial charge in [0.1, 0.15) is 6.10 Å². The van der Waals surface area contributed by atoms with E-state index in [9.17, 15) is 4.79 Å². The van der Waals surface area contributed by atoms with Crippen molar-refractivity contribution in [1.82, 2.24) is 0 Å². The van der Waals surface area contributed by atoms with Crippen LogP contribution in [0.4, 0.5) is 0 Å². The fourth-order valence-electron chi connectivity index (χ4n) is 1.69. The Morgan fingerprint density at radius 2 is 1.65 bits per heavy atom. The Hall–Kier alpha value is -2.46. The molecule has 2 rings (SSSR count). The fraction of sp³-hybridized carbons (Fsp3) is 0.125. The first kappa shape index (κ1) is 14.0. The summed E-state index contributed by atoms with van der Waals surface area (Å²) in [6.07, 6.45) is 1.11. The minimum atomic E-state index is -0.496. The number of hydrogen-bond acceptors (Lipinski definition) is 4. The summed E-state index contributed by atoms with van der Waals surface area (Å²) in [5.41, 5.74) is 1.40. The van der Waals surface area contributed by atoms with Crippen molar-refractivity contribution >= 4 is 12.2 Å². The lowest BCUT2D eigenvalue weighted by Crippen LogP contribution is -2.05. The van der Waals surface area contributed by atoms with E-state index in [1.807, 2.05) is 36.4 Å². The zero-order valence-electron chi connectivity index (χ0n) is 11.1. The normalized spacial score (nSPS) is 12.2. The van der Waals surface area contributed by atoms with E-state index in [2.05, 4.69) is 5.16 Å². The summed E-state index contributed by atoms with van der Waals surface area (Å²) >= 11 is 0. The lowest BCUT2D eigenvalue weighted by Gasteiger charge is -2.09. The molecule has 0 saturated heterocycles. The molecule has 2 aromatic carbocycles. The molecule has 4 heteroatoms. The van der Waals surface area contributed by atoms with E-state index in [0.717, 1.165) is 5.56 Å². The van der Waals surface area contributed by atoms with Crippen molar-refractivity contribution in [2.24, 2.45) is 5.16 Å². The third kappa shape index (κ3) is 3.76. The lowest BCUT2D eigenvalue weighted by molar-refractivity contribution is 0.0511. The maximum absolute atomic E-state index is 11.7. The molecule has 0 aliphatic carbocycles. The quantitative estimate of drug-likeness (QED) is 0.475. The smallest absolute Gasteiger partial charge is 0.365 e.